The van der Waals surface area contributed by atoms with E-state index in [2.05, 4.69) is 11.8 Å². The van der Waals surface area contributed by atoms with Gasteiger partial charge in [0.05, 0.1) is 0 Å². The third kappa shape index (κ3) is 3.71. The molecule has 1 atom stereocenters. The number of aliphatic hydroxyl groups excluding tert-OH is 1. The molecule has 1 N–H and O–H groups in total. The Morgan fingerprint density at radius 3 is 2.44 bits per heavy atom. The maximum absolute atomic E-state index is 9.89. The molecule has 106 valence electrons. The van der Waals surface area contributed by atoms with Crippen molar-refractivity contribution in [3.63, 3.8) is 0 Å². The Hall–Kier alpha value is -0.0800. The van der Waals surface area contributed by atoms with Crippen LogP contribution in [0.2, 0.25) is 0 Å². The topological polar surface area (TPSA) is 23.5 Å². The number of nitrogens with zero attached hydrogens (tertiary/aromatic N) is 1. The molecule has 2 aliphatic rings. The third-order valence-electron chi connectivity index (χ3n) is 5.24. The van der Waals surface area contributed by atoms with Gasteiger partial charge in [0.1, 0.15) is 0 Å². The van der Waals surface area contributed by atoms with Gasteiger partial charge in [-0.05, 0) is 38.1 Å². The molecule has 2 nitrogen and oxygen atoms in total. The van der Waals surface area contributed by atoms with Crippen LogP contribution in [0, 0.1) is 11.3 Å². The van der Waals surface area contributed by atoms with Gasteiger partial charge in [0.25, 0.3) is 0 Å². The molecule has 1 unspecified atom stereocenters. The Labute approximate surface area is 113 Å². The van der Waals surface area contributed by atoms with Crippen molar-refractivity contribution in [2.24, 2.45) is 11.3 Å². The predicted octanol–water partition coefficient (Wildman–Crippen LogP) is 3.44. The van der Waals surface area contributed by atoms with E-state index in [-0.39, 0.29) is 5.41 Å². The lowest BCUT2D eigenvalue weighted by Crippen LogP contribution is -2.44. The number of likely N-dealkylation sites (tertiary alicyclic amines) is 1. The van der Waals surface area contributed by atoms with Crippen molar-refractivity contribution in [3.05, 3.63) is 0 Å². The standard InChI is InChI=1S/C16H31NO/c1-2-15-8-7-11-17(12-15)13-16(14-18)9-5-3-4-6-10-16/h15,18H,2-14H2,1H3. The Morgan fingerprint density at radius 1 is 1.11 bits per heavy atom. The van der Waals surface area contributed by atoms with E-state index >= 15 is 0 Å². The zero-order valence-corrected chi connectivity index (χ0v) is 12.2. The first-order valence-corrected chi connectivity index (χ1v) is 8.11. The normalized spacial score (nSPS) is 30.0. The minimum Gasteiger partial charge on any atom is -0.396 e. The quantitative estimate of drug-likeness (QED) is 0.776. The average molecular weight is 253 g/mol. The minimum atomic E-state index is 0.228. The van der Waals surface area contributed by atoms with Crippen molar-refractivity contribution in [2.75, 3.05) is 26.2 Å². The van der Waals surface area contributed by atoms with Crippen molar-refractivity contribution in [2.45, 2.75) is 64.7 Å². The van der Waals surface area contributed by atoms with E-state index in [0.29, 0.717) is 6.61 Å². The molecule has 0 aromatic rings. The van der Waals surface area contributed by atoms with Crippen LogP contribution in [0.25, 0.3) is 0 Å². The highest BCUT2D eigenvalue weighted by Crippen LogP contribution is 2.36. The van der Waals surface area contributed by atoms with Gasteiger partial charge in [0.2, 0.25) is 0 Å². The van der Waals surface area contributed by atoms with Crippen LogP contribution in [0.5, 0.6) is 0 Å². The van der Waals surface area contributed by atoms with Gasteiger partial charge in [0, 0.05) is 25.1 Å². The second-order valence-electron chi connectivity index (χ2n) is 6.72. The van der Waals surface area contributed by atoms with Gasteiger partial charge >= 0.3 is 0 Å². The molecule has 1 saturated heterocycles. The van der Waals surface area contributed by atoms with Crippen LogP contribution in [0.3, 0.4) is 0 Å². The fraction of sp³-hybridized carbons (Fsp3) is 1.00. The van der Waals surface area contributed by atoms with Gasteiger partial charge in [-0.1, -0.05) is 39.0 Å². The van der Waals surface area contributed by atoms with Crippen molar-refractivity contribution >= 4 is 0 Å². The Morgan fingerprint density at radius 2 is 1.83 bits per heavy atom. The minimum absolute atomic E-state index is 0.228. The fourth-order valence-electron chi connectivity index (χ4n) is 3.95. The van der Waals surface area contributed by atoms with E-state index < -0.39 is 0 Å². The molecule has 2 fully saturated rings. The van der Waals surface area contributed by atoms with Crippen LogP contribution >= 0.6 is 0 Å². The molecule has 18 heavy (non-hydrogen) atoms. The van der Waals surface area contributed by atoms with Gasteiger partial charge in [0.15, 0.2) is 0 Å². The molecule has 1 heterocycles. The van der Waals surface area contributed by atoms with Crippen LogP contribution in [-0.4, -0.2) is 36.2 Å². The smallest absolute Gasteiger partial charge is 0.0499 e. The number of hydrogen-bond acceptors (Lipinski definition) is 2. The van der Waals surface area contributed by atoms with E-state index in [1.165, 1.54) is 70.9 Å². The molecule has 1 aliphatic carbocycles. The number of hydrogen-bond donors (Lipinski definition) is 1. The molecule has 1 aliphatic heterocycles. The maximum atomic E-state index is 9.89. The first-order valence-electron chi connectivity index (χ1n) is 8.11. The highest BCUT2D eigenvalue weighted by molar-refractivity contribution is 4.86. The summed E-state index contributed by atoms with van der Waals surface area (Å²) in [4.78, 5) is 2.65. The maximum Gasteiger partial charge on any atom is 0.0499 e. The summed E-state index contributed by atoms with van der Waals surface area (Å²) < 4.78 is 0. The molecule has 0 aromatic carbocycles. The van der Waals surface area contributed by atoms with Crippen molar-refractivity contribution in [1.29, 1.82) is 0 Å². The lowest BCUT2D eigenvalue weighted by molar-refractivity contribution is 0.0410. The van der Waals surface area contributed by atoms with E-state index in [9.17, 15) is 5.11 Å². The van der Waals surface area contributed by atoms with E-state index in [4.69, 9.17) is 0 Å². The summed E-state index contributed by atoms with van der Waals surface area (Å²) in [7, 11) is 0. The molecule has 2 rings (SSSR count). The van der Waals surface area contributed by atoms with Crippen molar-refractivity contribution in [3.8, 4) is 0 Å². The monoisotopic (exact) mass is 253 g/mol. The zero-order chi connectivity index (χ0) is 12.8. The van der Waals surface area contributed by atoms with Crippen molar-refractivity contribution in [1.82, 2.24) is 4.90 Å². The summed E-state index contributed by atoms with van der Waals surface area (Å²) >= 11 is 0. The average Bonchev–Trinajstić information content (AvgIpc) is 2.65. The highest BCUT2D eigenvalue weighted by atomic mass is 16.3. The first-order chi connectivity index (χ1) is 8.78. The highest BCUT2D eigenvalue weighted by Gasteiger charge is 2.33. The van der Waals surface area contributed by atoms with Crippen LogP contribution in [-0.2, 0) is 0 Å². The van der Waals surface area contributed by atoms with Crippen molar-refractivity contribution < 1.29 is 5.11 Å². The van der Waals surface area contributed by atoms with Gasteiger partial charge < -0.3 is 10.0 Å². The second-order valence-corrected chi connectivity index (χ2v) is 6.72. The van der Waals surface area contributed by atoms with Crippen LogP contribution in [0.1, 0.15) is 64.7 Å². The van der Waals surface area contributed by atoms with Gasteiger partial charge in [-0.25, -0.2) is 0 Å². The second kappa shape index (κ2) is 6.91. The lowest BCUT2D eigenvalue weighted by atomic mass is 9.80. The number of aliphatic hydroxyl groups is 1. The summed E-state index contributed by atoms with van der Waals surface area (Å²) in [5.41, 5.74) is 0.228. The van der Waals surface area contributed by atoms with Crippen LogP contribution < -0.4 is 0 Å². The number of rotatable bonds is 4. The fourth-order valence-corrected chi connectivity index (χ4v) is 3.95. The van der Waals surface area contributed by atoms with E-state index in [1.54, 1.807) is 0 Å². The van der Waals surface area contributed by atoms with Crippen LogP contribution in [0.15, 0.2) is 0 Å². The first kappa shape index (κ1) is 14.3. The zero-order valence-electron chi connectivity index (χ0n) is 12.2. The summed E-state index contributed by atoms with van der Waals surface area (Å²) in [6, 6.07) is 0. The molecular formula is C16H31NO. The number of piperidine rings is 1. The third-order valence-corrected chi connectivity index (χ3v) is 5.24. The molecule has 0 radical (unpaired) electrons. The molecule has 2 heteroatoms. The van der Waals surface area contributed by atoms with E-state index in [0.717, 1.165) is 12.5 Å². The molecular weight excluding hydrogens is 222 g/mol. The summed E-state index contributed by atoms with van der Waals surface area (Å²) in [6.07, 6.45) is 12.0. The molecule has 0 amide bonds. The Balaban J connectivity index is 1.91. The molecule has 0 aromatic heterocycles. The molecule has 1 saturated carbocycles. The summed E-state index contributed by atoms with van der Waals surface area (Å²) in [6.45, 7) is 6.42. The van der Waals surface area contributed by atoms with Gasteiger partial charge in [-0.2, -0.15) is 0 Å². The SMILES string of the molecule is CCC1CCCN(CC2(CO)CCCCCC2)C1. The lowest BCUT2D eigenvalue weighted by Gasteiger charge is -2.40. The molecule has 0 spiro atoms. The van der Waals surface area contributed by atoms with Crippen LogP contribution in [0.4, 0.5) is 0 Å². The van der Waals surface area contributed by atoms with Gasteiger partial charge in [-0.15, -0.1) is 0 Å². The van der Waals surface area contributed by atoms with E-state index in [1.807, 2.05) is 0 Å². The molecule has 0 bridgehead atoms. The Kier molecular flexibility index (Phi) is 5.50. The largest absolute Gasteiger partial charge is 0.396 e. The predicted molar refractivity (Wildman–Crippen MR) is 76.7 cm³/mol. The Bertz CT molecular complexity index is 233. The summed E-state index contributed by atoms with van der Waals surface area (Å²) in [5.74, 6) is 0.903. The van der Waals surface area contributed by atoms with Gasteiger partial charge in [-0.3, -0.25) is 0 Å². The summed E-state index contributed by atoms with van der Waals surface area (Å²) in [5, 5.41) is 9.89.